The van der Waals surface area contributed by atoms with E-state index in [1.165, 1.54) is 30.0 Å². The van der Waals surface area contributed by atoms with Gasteiger partial charge in [-0.3, -0.25) is 9.69 Å². The van der Waals surface area contributed by atoms with Gasteiger partial charge in [0.05, 0.1) is 4.88 Å². The number of nitrogens with one attached hydrogen (secondary N) is 2. The van der Waals surface area contributed by atoms with E-state index in [9.17, 15) is 4.79 Å². The molecule has 1 aromatic heterocycles. The fourth-order valence-electron chi connectivity index (χ4n) is 3.71. The number of amides is 1. The highest BCUT2D eigenvalue weighted by Gasteiger charge is 2.18. The molecule has 0 unspecified atom stereocenters. The van der Waals surface area contributed by atoms with Crippen molar-refractivity contribution < 1.29 is 9.53 Å². The van der Waals surface area contributed by atoms with Crippen LogP contribution in [0.4, 0.5) is 5.69 Å². The highest BCUT2D eigenvalue weighted by atomic mass is 32.1. The van der Waals surface area contributed by atoms with Crippen LogP contribution in [0.3, 0.4) is 0 Å². The van der Waals surface area contributed by atoms with Crippen molar-refractivity contribution >= 4 is 22.9 Å². The third-order valence-corrected chi connectivity index (χ3v) is 6.50. The largest absolute Gasteiger partial charge is 0.492 e. The molecule has 2 aliphatic heterocycles. The van der Waals surface area contributed by atoms with Crippen molar-refractivity contribution in [2.45, 2.75) is 26.3 Å². The van der Waals surface area contributed by atoms with Crippen LogP contribution < -0.4 is 15.4 Å². The smallest absolute Gasteiger partial charge is 0.265 e. The number of ether oxygens (including phenoxy) is 1. The topological polar surface area (TPSA) is 53.6 Å². The summed E-state index contributed by atoms with van der Waals surface area (Å²) >= 11 is 1.61. The number of rotatable bonds is 6. The van der Waals surface area contributed by atoms with E-state index in [1.54, 1.807) is 11.3 Å². The first-order valence-electron chi connectivity index (χ1n) is 9.76. The molecule has 1 fully saturated rings. The third kappa shape index (κ3) is 4.69. The first-order chi connectivity index (χ1) is 13.2. The number of nitrogens with zero attached hydrogens (tertiary/aromatic N) is 1. The monoisotopic (exact) mass is 385 g/mol. The van der Waals surface area contributed by atoms with Gasteiger partial charge in [0.1, 0.15) is 12.4 Å². The molecule has 0 radical (unpaired) electrons. The summed E-state index contributed by atoms with van der Waals surface area (Å²) < 4.78 is 5.84. The molecule has 27 heavy (non-hydrogen) atoms. The van der Waals surface area contributed by atoms with Crippen LogP contribution in [-0.2, 0) is 13.0 Å². The lowest BCUT2D eigenvalue weighted by atomic mass is 10.1. The number of thiophene rings is 1. The number of carbonyl (C=O) groups is 1. The van der Waals surface area contributed by atoms with E-state index in [1.807, 2.05) is 30.3 Å². The molecule has 0 bridgehead atoms. The highest BCUT2D eigenvalue weighted by molar-refractivity contribution is 7.14. The van der Waals surface area contributed by atoms with E-state index in [0.717, 1.165) is 48.3 Å². The summed E-state index contributed by atoms with van der Waals surface area (Å²) in [7, 11) is 0. The summed E-state index contributed by atoms with van der Waals surface area (Å²) in [6, 6.07) is 9.66. The molecule has 2 aromatic rings. The molecule has 1 amide bonds. The Labute approximate surface area is 164 Å². The van der Waals surface area contributed by atoms with Gasteiger partial charge in [-0.05, 0) is 61.2 Å². The van der Waals surface area contributed by atoms with E-state index in [-0.39, 0.29) is 5.91 Å². The molecule has 5 nitrogen and oxygen atoms in total. The van der Waals surface area contributed by atoms with Crippen LogP contribution in [0.1, 0.15) is 33.5 Å². The van der Waals surface area contributed by atoms with Crippen LogP contribution in [0.15, 0.2) is 30.3 Å². The van der Waals surface area contributed by atoms with E-state index >= 15 is 0 Å². The number of hydrogen-bond acceptors (Lipinski definition) is 5. The minimum atomic E-state index is -0.0359. The molecular formula is C21H27N3O2S. The molecule has 0 saturated carbocycles. The Morgan fingerprint density at radius 2 is 2.22 bits per heavy atom. The second kappa shape index (κ2) is 8.42. The van der Waals surface area contributed by atoms with E-state index in [2.05, 4.69) is 22.5 Å². The van der Waals surface area contributed by atoms with Crippen molar-refractivity contribution in [1.29, 1.82) is 0 Å². The number of benzene rings is 1. The average molecular weight is 386 g/mol. The Morgan fingerprint density at radius 3 is 2.96 bits per heavy atom. The van der Waals surface area contributed by atoms with Gasteiger partial charge in [0.25, 0.3) is 5.91 Å². The van der Waals surface area contributed by atoms with Gasteiger partial charge in [0.2, 0.25) is 0 Å². The van der Waals surface area contributed by atoms with Crippen LogP contribution in [0.5, 0.6) is 5.75 Å². The van der Waals surface area contributed by atoms with Crippen molar-refractivity contribution in [3.8, 4) is 5.75 Å². The van der Waals surface area contributed by atoms with Crippen molar-refractivity contribution in [2.75, 3.05) is 38.1 Å². The van der Waals surface area contributed by atoms with Crippen LogP contribution in [0.2, 0.25) is 0 Å². The van der Waals surface area contributed by atoms with Gasteiger partial charge in [0, 0.05) is 36.7 Å². The lowest BCUT2D eigenvalue weighted by Gasteiger charge is -2.15. The fraction of sp³-hybridized carbons (Fsp3) is 0.476. The molecule has 2 N–H and O–H groups in total. The maximum atomic E-state index is 12.5. The van der Waals surface area contributed by atoms with E-state index in [0.29, 0.717) is 6.61 Å². The number of likely N-dealkylation sites (tertiary alicyclic amines) is 1. The second-order valence-electron chi connectivity index (χ2n) is 7.51. The van der Waals surface area contributed by atoms with E-state index in [4.69, 9.17) is 4.74 Å². The molecule has 144 valence electrons. The Morgan fingerprint density at radius 1 is 1.37 bits per heavy atom. The summed E-state index contributed by atoms with van der Waals surface area (Å²) in [4.78, 5) is 17.1. The predicted molar refractivity (Wildman–Crippen MR) is 110 cm³/mol. The van der Waals surface area contributed by atoms with Crippen molar-refractivity contribution in [3.05, 3.63) is 45.6 Å². The van der Waals surface area contributed by atoms with Gasteiger partial charge in [-0.1, -0.05) is 6.92 Å². The number of hydrogen-bond donors (Lipinski definition) is 2. The average Bonchev–Trinajstić information content (AvgIpc) is 3.29. The quantitative estimate of drug-likeness (QED) is 0.801. The molecule has 3 heterocycles. The second-order valence-corrected chi connectivity index (χ2v) is 8.64. The highest BCUT2D eigenvalue weighted by Crippen LogP contribution is 2.26. The Balaban J connectivity index is 1.27. The zero-order valence-electron chi connectivity index (χ0n) is 15.8. The van der Waals surface area contributed by atoms with Crippen LogP contribution in [0.25, 0.3) is 0 Å². The molecule has 4 rings (SSSR count). The van der Waals surface area contributed by atoms with Crippen molar-refractivity contribution in [2.24, 2.45) is 5.92 Å². The standard InChI is InChI=1S/C21H27N3O2S/c1-15-7-9-24(14-15)10-11-26-18-4-2-17(3-5-18)23-21(25)20-12-16-13-22-8-6-19(16)27-20/h2-5,12,15,22H,6-11,13-14H2,1H3,(H,23,25)/t15-/m0/s1. The third-order valence-electron chi connectivity index (χ3n) is 5.26. The van der Waals surface area contributed by atoms with Gasteiger partial charge in [-0.15, -0.1) is 11.3 Å². The minimum absolute atomic E-state index is 0.0359. The first-order valence-corrected chi connectivity index (χ1v) is 10.6. The Bertz CT molecular complexity index is 764. The lowest BCUT2D eigenvalue weighted by Crippen LogP contribution is -2.25. The van der Waals surface area contributed by atoms with Crippen molar-refractivity contribution in [1.82, 2.24) is 10.2 Å². The number of fused-ring (bicyclic) bond motifs is 1. The van der Waals surface area contributed by atoms with Crippen LogP contribution in [0, 0.1) is 5.92 Å². The molecule has 1 atom stereocenters. The van der Waals surface area contributed by atoms with Crippen LogP contribution >= 0.6 is 11.3 Å². The summed E-state index contributed by atoms with van der Waals surface area (Å²) in [5.74, 6) is 1.61. The van der Waals surface area contributed by atoms with Gasteiger partial charge < -0.3 is 15.4 Å². The SMILES string of the molecule is C[C@H]1CCN(CCOc2ccc(NC(=O)c3cc4c(s3)CCNC4)cc2)C1. The van der Waals surface area contributed by atoms with Crippen molar-refractivity contribution in [3.63, 3.8) is 0 Å². The Kier molecular flexibility index (Phi) is 5.76. The van der Waals surface area contributed by atoms with Crippen LogP contribution in [-0.4, -0.2) is 43.6 Å². The van der Waals surface area contributed by atoms with Gasteiger partial charge in [0.15, 0.2) is 0 Å². The fourth-order valence-corrected chi connectivity index (χ4v) is 4.79. The summed E-state index contributed by atoms with van der Waals surface area (Å²) in [5, 5.41) is 6.33. The van der Waals surface area contributed by atoms with Gasteiger partial charge in [-0.25, -0.2) is 0 Å². The zero-order chi connectivity index (χ0) is 18.6. The summed E-state index contributed by atoms with van der Waals surface area (Å²) in [5.41, 5.74) is 2.05. The molecular weight excluding hydrogens is 358 g/mol. The maximum Gasteiger partial charge on any atom is 0.265 e. The number of anilines is 1. The molecule has 0 spiro atoms. The predicted octanol–water partition coefficient (Wildman–Crippen LogP) is 3.37. The minimum Gasteiger partial charge on any atom is -0.492 e. The summed E-state index contributed by atoms with van der Waals surface area (Å²) in [6.07, 6.45) is 2.30. The Hall–Kier alpha value is -1.89. The molecule has 6 heteroatoms. The molecule has 1 aromatic carbocycles. The molecule has 2 aliphatic rings. The van der Waals surface area contributed by atoms with E-state index < -0.39 is 0 Å². The maximum absolute atomic E-state index is 12.5. The zero-order valence-corrected chi connectivity index (χ0v) is 16.6. The van der Waals surface area contributed by atoms with Gasteiger partial charge in [-0.2, -0.15) is 0 Å². The number of carbonyl (C=O) groups excluding carboxylic acids is 1. The molecule has 0 aliphatic carbocycles. The molecule has 1 saturated heterocycles. The van der Waals surface area contributed by atoms with Gasteiger partial charge >= 0.3 is 0 Å². The summed E-state index contributed by atoms with van der Waals surface area (Å²) in [6.45, 7) is 8.19. The first kappa shape index (κ1) is 18.5. The normalized spacial score (nSPS) is 19.7. The lowest BCUT2D eigenvalue weighted by molar-refractivity contribution is 0.103.